The predicted octanol–water partition coefficient (Wildman–Crippen LogP) is 5.05. The number of ether oxygens (including phenoxy) is 1. The first-order valence-electron chi connectivity index (χ1n) is 8.34. The van der Waals surface area contributed by atoms with Gasteiger partial charge in [0.15, 0.2) is 0 Å². The minimum absolute atomic E-state index is 0.365. The summed E-state index contributed by atoms with van der Waals surface area (Å²) in [5, 5.41) is 14.4. The zero-order valence-electron chi connectivity index (χ0n) is 15.3. The number of nitrogens with zero attached hydrogens (tertiary/aromatic N) is 2. The summed E-state index contributed by atoms with van der Waals surface area (Å²) in [5.74, 6) is 0.792. The van der Waals surface area contributed by atoms with E-state index in [1.54, 1.807) is 4.68 Å². The molecule has 3 rings (SSSR count). The van der Waals surface area contributed by atoms with E-state index in [0.717, 1.165) is 39.3 Å². The Hall–Kier alpha value is -2.50. The molecule has 26 heavy (non-hydrogen) atoms. The first-order chi connectivity index (χ1) is 12.4. The number of hydrogen-bond acceptors (Lipinski definition) is 4. The van der Waals surface area contributed by atoms with Gasteiger partial charge in [0, 0.05) is 23.7 Å². The van der Waals surface area contributed by atoms with Gasteiger partial charge < -0.3 is 4.74 Å². The molecule has 0 aliphatic heterocycles. The van der Waals surface area contributed by atoms with Crippen LogP contribution in [0, 0.1) is 20.8 Å². The van der Waals surface area contributed by atoms with E-state index in [-0.39, 0.29) is 0 Å². The molecule has 0 saturated carbocycles. The third kappa shape index (κ3) is 3.41. The number of hydrogen-bond donors (Lipinski definition) is 2. The lowest BCUT2D eigenvalue weighted by Gasteiger charge is -2.14. The monoisotopic (exact) mass is 371 g/mol. The third-order valence-corrected chi connectivity index (χ3v) is 5.08. The molecule has 5 nitrogen and oxygen atoms in total. The average Bonchev–Trinajstić information content (AvgIpc) is 2.88. The Bertz CT molecular complexity index is 950. The van der Waals surface area contributed by atoms with Crippen molar-refractivity contribution in [2.24, 2.45) is 7.05 Å². The van der Waals surface area contributed by atoms with Crippen molar-refractivity contribution < 1.29 is 9.94 Å². The Kier molecular flexibility index (Phi) is 5.20. The number of aromatic nitrogens is 2. The van der Waals surface area contributed by atoms with Crippen molar-refractivity contribution in [2.75, 3.05) is 5.48 Å². The highest BCUT2D eigenvalue weighted by Gasteiger charge is 2.14. The van der Waals surface area contributed by atoms with E-state index in [2.05, 4.69) is 10.6 Å². The quantitative estimate of drug-likeness (QED) is 0.616. The summed E-state index contributed by atoms with van der Waals surface area (Å²) < 4.78 is 7.67. The van der Waals surface area contributed by atoms with Crippen LogP contribution in [0.1, 0.15) is 22.3 Å². The van der Waals surface area contributed by atoms with Gasteiger partial charge in [-0.25, -0.2) is 0 Å². The molecule has 6 heteroatoms. The van der Waals surface area contributed by atoms with Crippen LogP contribution >= 0.6 is 11.6 Å². The lowest BCUT2D eigenvalue weighted by atomic mass is 10.1. The number of halogens is 1. The molecule has 0 amide bonds. The molecule has 0 bridgehead atoms. The van der Waals surface area contributed by atoms with Crippen LogP contribution < -0.4 is 10.2 Å². The number of aryl methyl sites for hydroxylation is 3. The molecule has 2 N–H and O–H groups in total. The molecule has 0 atom stereocenters. The molecule has 0 unspecified atom stereocenters. The summed E-state index contributed by atoms with van der Waals surface area (Å²) in [6.07, 6.45) is 0. The van der Waals surface area contributed by atoms with Crippen LogP contribution in [0.15, 0.2) is 36.4 Å². The van der Waals surface area contributed by atoms with Crippen molar-refractivity contribution in [3.63, 3.8) is 0 Å². The Morgan fingerprint density at radius 2 is 1.92 bits per heavy atom. The molecule has 1 heterocycles. The van der Waals surface area contributed by atoms with Crippen LogP contribution in [0.3, 0.4) is 0 Å². The van der Waals surface area contributed by atoms with E-state index >= 15 is 0 Å². The molecule has 136 valence electrons. The lowest BCUT2D eigenvalue weighted by molar-refractivity contribution is 0.301. The maximum absolute atomic E-state index is 9.28. The van der Waals surface area contributed by atoms with E-state index in [4.69, 9.17) is 16.3 Å². The highest BCUT2D eigenvalue weighted by molar-refractivity contribution is 6.30. The first-order valence-corrected chi connectivity index (χ1v) is 8.71. The van der Waals surface area contributed by atoms with Gasteiger partial charge in [-0.05, 0) is 56.2 Å². The van der Waals surface area contributed by atoms with Gasteiger partial charge in [-0.15, -0.1) is 0 Å². The second kappa shape index (κ2) is 7.40. The standard InChI is InChI=1S/C20H22ClN3O2/c1-12-6-5-7-17(23-25)16(12)11-26-18-9-8-15(10-13(18)2)19-14(3)20(21)24(4)22-19/h5-10,23,25H,11H2,1-4H3. The summed E-state index contributed by atoms with van der Waals surface area (Å²) in [7, 11) is 1.83. The highest BCUT2D eigenvalue weighted by Crippen LogP contribution is 2.31. The zero-order valence-corrected chi connectivity index (χ0v) is 16.1. The van der Waals surface area contributed by atoms with E-state index in [1.807, 2.05) is 64.2 Å². The van der Waals surface area contributed by atoms with Crippen LogP contribution in [0.25, 0.3) is 11.3 Å². The molecule has 0 aliphatic rings. The van der Waals surface area contributed by atoms with Crippen LogP contribution in [-0.2, 0) is 13.7 Å². The van der Waals surface area contributed by atoms with Gasteiger partial charge in [0.05, 0.1) is 11.4 Å². The fourth-order valence-corrected chi connectivity index (χ4v) is 3.12. The topological polar surface area (TPSA) is 59.3 Å². The van der Waals surface area contributed by atoms with Gasteiger partial charge in [0.2, 0.25) is 0 Å². The molecule has 0 spiro atoms. The summed E-state index contributed by atoms with van der Waals surface area (Å²) in [6.45, 7) is 6.32. The molecule has 0 radical (unpaired) electrons. The smallest absolute Gasteiger partial charge is 0.130 e. The highest BCUT2D eigenvalue weighted by atomic mass is 35.5. The molecule has 0 fully saturated rings. The maximum Gasteiger partial charge on any atom is 0.130 e. The van der Waals surface area contributed by atoms with E-state index in [9.17, 15) is 5.21 Å². The van der Waals surface area contributed by atoms with Crippen molar-refractivity contribution in [3.05, 3.63) is 63.8 Å². The van der Waals surface area contributed by atoms with Gasteiger partial charge in [-0.2, -0.15) is 5.10 Å². The Morgan fingerprint density at radius 1 is 1.15 bits per heavy atom. The summed E-state index contributed by atoms with van der Waals surface area (Å²) in [4.78, 5) is 0. The van der Waals surface area contributed by atoms with E-state index < -0.39 is 0 Å². The Balaban J connectivity index is 1.84. The molecule has 1 aromatic heterocycles. The first kappa shape index (κ1) is 18.3. The zero-order chi connectivity index (χ0) is 18.8. The molecule has 0 saturated heterocycles. The number of rotatable bonds is 5. The lowest BCUT2D eigenvalue weighted by Crippen LogP contribution is -2.04. The Labute approximate surface area is 158 Å². The van der Waals surface area contributed by atoms with Crippen LogP contribution in [-0.4, -0.2) is 15.0 Å². The second-order valence-electron chi connectivity index (χ2n) is 6.37. The fraction of sp³-hybridized carbons (Fsp3) is 0.250. The van der Waals surface area contributed by atoms with Crippen molar-refractivity contribution in [1.29, 1.82) is 0 Å². The van der Waals surface area contributed by atoms with Crippen molar-refractivity contribution in [2.45, 2.75) is 27.4 Å². The van der Waals surface area contributed by atoms with Crippen LogP contribution in [0.5, 0.6) is 5.75 Å². The van der Waals surface area contributed by atoms with E-state index in [0.29, 0.717) is 17.4 Å². The predicted molar refractivity (Wildman–Crippen MR) is 104 cm³/mol. The van der Waals surface area contributed by atoms with Gasteiger partial charge in [-0.1, -0.05) is 23.7 Å². The van der Waals surface area contributed by atoms with Gasteiger partial charge >= 0.3 is 0 Å². The normalized spacial score (nSPS) is 10.8. The molecule has 0 aliphatic carbocycles. The van der Waals surface area contributed by atoms with Crippen molar-refractivity contribution in [3.8, 4) is 17.0 Å². The van der Waals surface area contributed by atoms with Gasteiger partial charge in [-0.3, -0.25) is 15.4 Å². The molecule has 3 aromatic rings. The largest absolute Gasteiger partial charge is 0.489 e. The van der Waals surface area contributed by atoms with E-state index in [1.165, 1.54) is 0 Å². The Morgan fingerprint density at radius 3 is 2.54 bits per heavy atom. The third-order valence-electron chi connectivity index (χ3n) is 4.55. The van der Waals surface area contributed by atoms with Crippen molar-refractivity contribution >= 4 is 17.3 Å². The number of anilines is 1. The van der Waals surface area contributed by atoms with Gasteiger partial charge in [0.1, 0.15) is 17.5 Å². The fourth-order valence-electron chi connectivity index (χ4n) is 2.99. The maximum atomic E-state index is 9.28. The molecular weight excluding hydrogens is 350 g/mol. The molecule has 2 aromatic carbocycles. The van der Waals surface area contributed by atoms with Crippen molar-refractivity contribution in [1.82, 2.24) is 9.78 Å². The van der Waals surface area contributed by atoms with Crippen LogP contribution in [0.4, 0.5) is 5.69 Å². The second-order valence-corrected chi connectivity index (χ2v) is 6.73. The average molecular weight is 372 g/mol. The number of benzene rings is 2. The molecular formula is C20H22ClN3O2. The minimum atomic E-state index is 0.365. The summed E-state index contributed by atoms with van der Waals surface area (Å²) in [6, 6.07) is 11.7. The van der Waals surface area contributed by atoms with Crippen LogP contribution in [0.2, 0.25) is 5.15 Å². The minimum Gasteiger partial charge on any atom is -0.489 e. The SMILES string of the molecule is Cc1cc(-c2nn(C)c(Cl)c2C)ccc1OCc1c(C)cccc1NO. The van der Waals surface area contributed by atoms with Gasteiger partial charge in [0.25, 0.3) is 0 Å². The number of nitrogens with one attached hydrogen (secondary N) is 1. The summed E-state index contributed by atoms with van der Waals surface area (Å²) in [5.41, 5.74) is 8.70. The summed E-state index contributed by atoms with van der Waals surface area (Å²) >= 11 is 6.23.